The van der Waals surface area contributed by atoms with Crippen LogP contribution in [0.25, 0.3) is 0 Å². The van der Waals surface area contributed by atoms with Gasteiger partial charge in [-0.05, 0) is 31.2 Å². The second-order valence-electron chi connectivity index (χ2n) is 5.51. The second-order valence-corrected chi connectivity index (χ2v) is 5.51. The summed E-state index contributed by atoms with van der Waals surface area (Å²) in [4.78, 5) is 14.2. The molecule has 1 aliphatic heterocycles. The topological polar surface area (TPSA) is 51.9 Å². The van der Waals surface area contributed by atoms with Gasteiger partial charge in [0.05, 0.1) is 12.8 Å². The fourth-order valence-corrected chi connectivity index (χ4v) is 2.65. The number of ether oxygens (including phenoxy) is 2. The van der Waals surface area contributed by atoms with Gasteiger partial charge in [0.25, 0.3) is 0 Å². The molecule has 1 atom stereocenters. The van der Waals surface area contributed by atoms with Crippen molar-refractivity contribution in [1.82, 2.24) is 4.90 Å². The van der Waals surface area contributed by atoms with E-state index >= 15 is 0 Å². The van der Waals surface area contributed by atoms with Crippen molar-refractivity contribution >= 4 is 5.91 Å². The number of benzene rings is 1. The van der Waals surface area contributed by atoms with Crippen LogP contribution in [-0.4, -0.2) is 36.6 Å². The zero-order valence-electron chi connectivity index (χ0n) is 13.2. The number of fused-ring (bicyclic) bond motifs is 1. The van der Waals surface area contributed by atoms with E-state index in [-0.39, 0.29) is 12.0 Å². The van der Waals surface area contributed by atoms with E-state index in [1.54, 1.807) is 6.26 Å². The summed E-state index contributed by atoms with van der Waals surface area (Å²) in [6, 6.07) is 11.3. The van der Waals surface area contributed by atoms with Gasteiger partial charge in [0.15, 0.2) is 17.6 Å². The molecule has 2 aromatic rings. The van der Waals surface area contributed by atoms with E-state index < -0.39 is 0 Å². The van der Waals surface area contributed by atoms with Gasteiger partial charge in [-0.25, -0.2) is 0 Å². The van der Waals surface area contributed by atoms with Gasteiger partial charge in [-0.3, -0.25) is 4.79 Å². The first kappa shape index (κ1) is 15.5. The molecule has 122 valence electrons. The highest BCUT2D eigenvalue weighted by atomic mass is 16.6. The number of amides is 1. The minimum Gasteiger partial charge on any atom is -0.486 e. The Balaban J connectivity index is 1.54. The minimum absolute atomic E-state index is 0.103. The first-order chi connectivity index (χ1) is 11.3. The van der Waals surface area contributed by atoms with Crippen LogP contribution in [0, 0.1) is 0 Å². The van der Waals surface area contributed by atoms with Crippen LogP contribution in [0.5, 0.6) is 11.5 Å². The lowest BCUT2D eigenvalue weighted by Gasteiger charge is -2.31. The van der Waals surface area contributed by atoms with Crippen molar-refractivity contribution in [1.29, 1.82) is 0 Å². The minimum atomic E-state index is -0.141. The van der Waals surface area contributed by atoms with Gasteiger partial charge in [0.2, 0.25) is 5.91 Å². The van der Waals surface area contributed by atoms with Gasteiger partial charge in [-0.2, -0.15) is 0 Å². The Labute approximate surface area is 135 Å². The molecular formula is C18H21NO4. The first-order valence-electron chi connectivity index (χ1n) is 7.95. The van der Waals surface area contributed by atoms with Crippen LogP contribution < -0.4 is 9.47 Å². The molecule has 0 N–H and O–H groups in total. The van der Waals surface area contributed by atoms with E-state index in [0.29, 0.717) is 32.5 Å². The summed E-state index contributed by atoms with van der Waals surface area (Å²) in [5.74, 6) is 2.44. The molecule has 0 fully saturated rings. The van der Waals surface area contributed by atoms with E-state index in [1.165, 1.54) is 0 Å². The molecule has 0 bridgehead atoms. The maximum absolute atomic E-state index is 12.4. The number of para-hydroxylation sites is 2. The number of nitrogens with zero attached hydrogens (tertiary/aromatic N) is 1. The van der Waals surface area contributed by atoms with Gasteiger partial charge in [0.1, 0.15) is 12.4 Å². The molecule has 0 unspecified atom stereocenters. The smallest absolute Gasteiger partial charge is 0.223 e. The molecule has 0 saturated carbocycles. The quantitative estimate of drug-likeness (QED) is 0.822. The lowest BCUT2D eigenvalue weighted by atomic mass is 10.2. The molecule has 0 radical (unpaired) electrons. The standard InChI is InChI=1S/C18H21NO4/c1-2-19(18(20)10-9-14-6-5-11-21-14)12-15-13-22-16-7-3-4-8-17(16)23-15/h3-8,11,15H,2,9-10,12-13H2,1H3/t15-/m1/s1. The number of aryl methyl sites for hydroxylation is 1. The summed E-state index contributed by atoms with van der Waals surface area (Å²) in [7, 11) is 0. The molecule has 2 heterocycles. The number of furan rings is 1. The molecule has 0 aliphatic carbocycles. The number of carbonyl (C=O) groups excluding carboxylic acids is 1. The Morgan fingerprint density at radius 3 is 2.78 bits per heavy atom. The van der Waals surface area contributed by atoms with Gasteiger partial charge in [0, 0.05) is 19.4 Å². The van der Waals surface area contributed by atoms with Gasteiger partial charge < -0.3 is 18.8 Å². The normalized spacial score (nSPS) is 16.1. The third-order valence-corrected chi connectivity index (χ3v) is 3.89. The molecule has 23 heavy (non-hydrogen) atoms. The number of rotatable bonds is 6. The van der Waals surface area contributed by atoms with Gasteiger partial charge >= 0.3 is 0 Å². The van der Waals surface area contributed by atoms with Crippen LogP contribution in [0.1, 0.15) is 19.1 Å². The highest BCUT2D eigenvalue weighted by molar-refractivity contribution is 5.76. The van der Waals surface area contributed by atoms with E-state index in [0.717, 1.165) is 17.3 Å². The summed E-state index contributed by atoms with van der Waals surface area (Å²) >= 11 is 0. The molecule has 3 rings (SSSR count). The number of hydrogen-bond donors (Lipinski definition) is 0. The van der Waals surface area contributed by atoms with Crippen molar-refractivity contribution in [2.75, 3.05) is 19.7 Å². The lowest BCUT2D eigenvalue weighted by molar-refractivity contribution is -0.132. The molecule has 0 saturated heterocycles. The number of hydrogen-bond acceptors (Lipinski definition) is 4. The van der Waals surface area contributed by atoms with E-state index in [2.05, 4.69) is 0 Å². The monoisotopic (exact) mass is 315 g/mol. The molecular weight excluding hydrogens is 294 g/mol. The molecule has 5 nitrogen and oxygen atoms in total. The molecule has 1 aromatic carbocycles. The van der Waals surface area contributed by atoms with Crippen LogP contribution in [0.4, 0.5) is 0 Å². The van der Waals surface area contributed by atoms with E-state index in [1.807, 2.05) is 48.2 Å². The first-order valence-corrected chi connectivity index (χ1v) is 7.95. The maximum atomic E-state index is 12.4. The third kappa shape index (κ3) is 3.86. The summed E-state index contributed by atoms with van der Waals surface area (Å²) in [6.45, 7) is 3.61. The van der Waals surface area contributed by atoms with Crippen molar-refractivity contribution in [2.45, 2.75) is 25.9 Å². The van der Waals surface area contributed by atoms with Crippen molar-refractivity contribution in [3.8, 4) is 11.5 Å². The van der Waals surface area contributed by atoms with Gasteiger partial charge in [-0.15, -0.1) is 0 Å². The van der Waals surface area contributed by atoms with Crippen LogP contribution >= 0.6 is 0 Å². The molecule has 1 aliphatic rings. The molecule has 1 aromatic heterocycles. The molecule has 0 spiro atoms. The third-order valence-electron chi connectivity index (χ3n) is 3.89. The Morgan fingerprint density at radius 1 is 1.22 bits per heavy atom. The van der Waals surface area contributed by atoms with Crippen molar-refractivity contribution in [3.05, 3.63) is 48.4 Å². The average molecular weight is 315 g/mol. The average Bonchev–Trinajstić information content (AvgIpc) is 3.11. The summed E-state index contributed by atoms with van der Waals surface area (Å²) < 4.78 is 16.9. The van der Waals surface area contributed by atoms with Crippen molar-refractivity contribution in [2.24, 2.45) is 0 Å². The second kappa shape index (κ2) is 7.22. The predicted molar refractivity (Wildman–Crippen MR) is 85.6 cm³/mol. The van der Waals surface area contributed by atoms with E-state index in [4.69, 9.17) is 13.9 Å². The van der Waals surface area contributed by atoms with Crippen LogP contribution in [0.2, 0.25) is 0 Å². The van der Waals surface area contributed by atoms with Crippen molar-refractivity contribution in [3.63, 3.8) is 0 Å². The largest absolute Gasteiger partial charge is 0.486 e. The zero-order chi connectivity index (χ0) is 16.1. The number of carbonyl (C=O) groups is 1. The fraction of sp³-hybridized carbons (Fsp3) is 0.389. The van der Waals surface area contributed by atoms with Gasteiger partial charge in [-0.1, -0.05) is 12.1 Å². The lowest BCUT2D eigenvalue weighted by Crippen LogP contribution is -2.43. The highest BCUT2D eigenvalue weighted by Crippen LogP contribution is 2.31. The summed E-state index contributed by atoms with van der Waals surface area (Å²) in [6.07, 6.45) is 2.54. The van der Waals surface area contributed by atoms with E-state index in [9.17, 15) is 4.79 Å². The predicted octanol–water partition coefficient (Wildman–Crippen LogP) is 2.90. The van der Waals surface area contributed by atoms with Crippen molar-refractivity contribution < 1.29 is 18.7 Å². The SMILES string of the molecule is CCN(C[C@@H]1COc2ccccc2O1)C(=O)CCc1ccco1. The van der Waals surface area contributed by atoms with Crippen LogP contribution in [-0.2, 0) is 11.2 Å². The molecule has 5 heteroatoms. The Morgan fingerprint density at radius 2 is 2.04 bits per heavy atom. The fourth-order valence-electron chi connectivity index (χ4n) is 2.65. The summed E-state index contributed by atoms with van der Waals surface area (Å²) in [5, 5.41) is 0. The Bertz CT molecular complexity index is 638. The maximum Gasteiger partial charge on any atom is 0.223 e. The summed E-state index contributed by atoms with van der Waals surface area (Å²) in [5.41, 5.74) is 0. The highest BCUT2D eigenvalue weighted by Gasteiger charge is 2.24. The Hall–Kier alpha value is -2.43. The Kier molecular flexibility index (Phi) is 4.86. The van der Waals surface area contributed by atoms with Crippen LogP contribution in [0.15, 0.2) is 47.1 Å². The zero-order valence-corrected chi connectivity index (χ0v) is 13.2. The van der Waals surface area contributed by atoms with Crippen LogP contribution in [0.3, 0.4) is 0 Å². The number of likely N-dealkylation sites (N-methyl/N-ethyl adjacent to an activating group) is 1. The molecule has 1 amide bonds.